The van der Waals surface area contributed by atoms with Crippen molar-refractivity contribution in [2.45, 2.75) is 39.0 Å². The molecule has 0 spiro atoms. The van der Waals surface area contributed by atoms with E-state index in [4.69, 9.17) is 5.11 Å². The first-order valence-electron chi connectivity index (χ1n) is 5.52. The molecule has 1 aliphatic carbocycles. The molecule has 2 N–H and O–H groups in total. The summed E-state index contributed by atoms with van der Waals surface area (Å²) in [6.45, 7) is 2.30. The third-order valence-corrected chi connectivity index (χ3v) is 4.35. The summed E-state index contributed by atoms with van der Waals surface area (Å²) in [5.41, 5.74) is 0.232. The van der Waals surface area contributed by atoms with Crippen LogP contribution in [0.15, 0.2) is 0 Å². The first-order chi connectivity index (χ1) is 7.33. The number of carbonyl (C=O) groups is 1. The molecule has 5 nitrogen and oxygen atoms in total. The van der Waals surface area contributed by atoms with Crippen LogP contribution in [0.1, 0.15) is 39.0 Å². The van der Waals surface area contributed by atoms with Crippen LogP contribution in [0.25, 0.3) is 0 Å². The number of carboxylic acid groups (broad SMARTS) is 1. The number of hydrogen-bond acceptors (Lipinski definition) is 3. The molecule has 94 valence electrons. The largest absolute Gasteiger partial charge is 0.481 e. The highest BCUT2D eigenvalue weighted by molar-refractivity contribution is 7.89. The highest BCUT2D eigenvalue weighted by atomic mass is 32.2. The molecular formula is C10H19NO4S. The molecule has 0 radical (unpaired) electrons. The second-order valence-electron chi connectivity index (χ2n) is 4.77. The lowest BCUT2D eigenvalue weighted by Gasteiger charge is -2.09. The minimum atomic E-state index is -3.22. The lowest BCUT2D eigenvalue weighted by Crippen LogP contribution is -2.28. The Bertz CT molecular complexity index is 346. The van der Waals surface area contributed by atoms with Gasteiger partial charge < -0.3 is 5.11 Å². The van der Waals surface area contributed by atoms with Crippen molar-refractivity contribution in [3.8, 4) is 0 Å². The maximum absolute atomic E-state index is 11.5. The zero-order valence-corrected chi connectivity index (χ0v) is 10.3. The Labute approximate surface area is 96.3 Å². The third kappa shape index (κ3) is 5.46. The second-order valence-corrected chi connectivity index (χ2v) is 6.70. The van der Waals surface area contributed by atoms with Crippen molar-refractivity contribution in [1.82, 2.24) is 4.72 Å². The van der Waals surface area contributed by atoms with Crippen molar-refractivity contribution in [1.29, 1.82) is 0 Å². The van der Waals surface area contributed by atoms with E-state index in [2.05, 4.69) is 11.6 Å². The van der Waals surface area contributed by atoms with Crippen molar-refractivity contribution in [2.24, 2.45) is 5.41 Å². The van der Waals surface area contributed by atoms with E-state index in [9.17, 15) is 13.2 Å². The minimum absolute atomic E-state index is 0.000233. The van der Waals surface area contributed by atoms with Crippen LogP contribution < -0.4 is 4.72 Å². The van der Waals surface area contributed by atoms with Gasteiger partial charge in [-0.25, -0.2) is 13.1 Å². The first kappa shape index (κ1) is 13.4. The van der Waals surface area contributed by atoms with Crippen molar-refractivity contribution in [3.63, 3.8) is 0 Å². The number of nitrogens with one attached hydrogen (secondary N) is 1. The van der Waals surface area contributed by atoms with E-state index in [-0.39, 0.29) is 24.1 Å². The Morgan fingerprint density at radius 2 is 2.06 bits per heavy atom. The van der Waals surface area contributed by atoms with Gasteiger partial charge in [-0.2, -0.15) is 0 Å². The molecule has 0 saturated heterocycles. The van der Waals surface area contributed by atoms with Gasteiger partial charge >= 0.3 is 5.97 Å². The Morgan fingerprint density at radius 3 is 2.56 bits per heavy atom. The van der Waals surface area contributed by atoms with Crippen LogP contribution in [0.3, 0.4) is 0 Å². The van der Waals surface area contributed by atoms with Crippen LogP contribution in [0.4, 0.5) is 0 Å². The van der Waals surface area contributed by atoms with Crippen molar-refractivity contribution < 1.29 is 18.3 Å². The van der Waals surface area contributed by atoms with E-state index in [1.165, 1.54) is 0 Å². The molecule has 16 heavy (non-hydrogen) atoms. The highest BCUT2D eigenvalue weighted by Gasteiger charge is 2.37. The van der Waals surface area contributed by atoms with Crippen LogP contribution in [-0.2, 0) is 14.8 Å². The van der Waals surface area contributed by atoms with E-state index in [1.807, 2.05) is 0 Å². The second kappa shape index (κ2) is 5.14. The average Bonchev–Trinajstić information content (AvgIpc) is 2.90. The summed E-state index contributed by atoms with van der Waals surface area (Å²) < 4.78 is 25.4. The summed E-state index contributed by atoms with van der Waals surface area (Å²) in [7, 11) is -3.22. The number of rotatable bonds is 8. The fourth-order valence-electron chi connectivity index (χ4n) is 1.38. The van der Waals surface area contributed by atoms with Crippen LogP contribution in [0.5, 0.6) is 0 Å². The van der Waals surface area contributed by atoms with Gasteiger partial charge in [0.1, 0.15) is 0 Å². The lowest BCUT2D eigenvalue weighted by atomic mass is 10.1. The number of carboxylic acids is 1. The van der Waals surface area contributed by atoms with Gasteiger partial charge in [0.25, 0.3) is 0 Å². The van der Waals surface area contributed by atoms with E-state index >= 15 is 0 Å². The molecule has 0 bridgehead atoms. The fourth-order valence-corrected chi connectivity index (χ4v) is 2.74. The zero-order valence-electron chi connectivity index (χ0n) is 9.53. The quantitative estimate of drug-likeness (QED) is 0.628. The van der Waals surface area contributed by atoms with Crippen LogP contribution in [0.2, 0.25) is 0 Å². The van der Waals surface area contributed by atoms with Gasteiger partial charge in [-0.05, 0) is 31.1 Å². The molecule has 1 fully saturated rings. The molecule has 0 aliphatic heterocycles. The summed E-state index contributed by atoms with van der Waals surface area (Å²) in [5.74, 6) is -0.749. The summed E-state index contributed by atoms with van der Waals surface area (Å²) in [5, 5.41) is 8.38. The summed E-state index contributed by atoms with van der Waals surface area (Å²) in [4.78, 5) is 10.2. The van der Waals surface area contributed by atoms with Gasteiger partial charge in [-0.15, -0.1) is 0 Å². The SMILES string of the molecule is CC1(CCS(=O)(=O)NCCCC(=O)O)CC1. The van der Waals surface area contributed by atoms with E-state index in [0.29, 0.717) is 12.8 Å². The molecule has 1 rings (SSSR count). The Balaban J connectivity index is 2.16. The van der Waals surface area contributed by atoms with Crippen molar-refractivity contribution >= 4 is 16.0 Å². The van der Waals surface area contributed by atoms with Crippen LogP contribution in [-0.4, -0.2) is 31.8 Å². The topological polar surface area (TPSA) is 83.5 Å². The Morgan fingerprint density at radius 1 is 1.44 bits per heavy atom. The third-order valence-electron chi connectivity index (χ3n) is 2.97. The smallest absolute Gasteiger partial charge is 0.303 e. The standard InChI is InChI=1S/C10H19NO4S/c1-10(4-5-10)6-8-16(14,15)11-7-2-3-9(12)13/h11H,2-8H2,1H3,(H,12,13). The van der Waals surface area contributed by atoms with Gasteiger partial charge in [-0.3, -0.25) is 4.79 Å². The molecule has 0 unspecified atom stereocenters. The van der Waals surface area contributed by atoms with Crippen molar-refractivity contribution in [2.75, 3.05) is 12.3 Å². The number of sulfonamides is 1. The van der Waals surface area contributed by atoms with E-state index < -0.39 is 16.0 Å². The molecule has 6 heteroatoms. The molecule has 0 aromatic heterocycles. The first-order valence-corrected chi connectivity index (χ1v) is 7.17. The van der Waals surface area contributed by atoms with E-state index in [0.717, 1.165) is 12.8 Å². The molecule has 0 amide bonds. The van der Waals surface area contributed by atoms with Crippen molar-refractivity contribution in [3.05, 3.63) is 0 Å². The molecule has 1 saturated carbocycles. The van der Waals surface area contributed by atoms with Gasteiger partial charge in [0.2, 0.25) is 10.0 Å². The molecule has 0 aromatic carbocycles. The lowest BCUT2D eigenvalue weighted by molar-refractivity contribution is -0.137. The predicted octanol–water partition coefficient (Wildman–Crippen LogP) is 0.961. The monoisotopic (exact) mass is 249 g/mol. The molecule has 0 atom stereocenters. The average molecular weight is 249 g/mol. The molecule has 0 aromatic rings. The Hall–Kier alpha value is -0.620. The van der Waals surface area contributed by atoms with Crippen LogP contribution >= 0.6 is 0 Å². The maximum atomic E-state index is 11.5. The minimum Gasteiger partial charge on any atom is -0.481 e. The Kier molecular flexibility index (Phi) is 4.32. The van der Waals surface area contributed by atoms with E-state index in [1.54, 1.807) is 0 Å². The normalized spacial score (nSPS) is 18.3. The van der Waals surface area contributed by atoms with Gasteiger partial charge in [-0.1, -0.05) is 6.92 Å². The molecular weight excluding hydrogens is 230 g/mol. The molecule has 0 heterocycles. The fraction of sp³-hybridized carbons (Fsp3) is 0.900. The maximum Gasteiger partial charge on any atom is 0.303 e. The summed E-state index contributed by atoms with van der Waals surface area (Å²) in [6, 6.07) is 0. The summed E-state index contributed by atoms with van der Waals surface area (Å²) >= 11 is 0. The zero-order chi connectivity index (χ0) is 12.2. The van der Waals surface area contributed by atoms with Gasteiger partial charge in [0.05, 0.1) is 5.75 Å². The number of hydrogen-bond donors (Lipinski definition) is 2. The highest BCUT2D eigenvalue weighted by Crippen LogP contribution is 2.48. The predicted molar refractivity (Wildman–Crippen MR) is 60.6 cm³/mol. The van der Waals surface area contributed by atoms with Gasteiger partial charge in [0, 0.05) is 13.0 Å². The number of aliphatic carboxylic acids is 1. The van der Waals surface area contributed by atoms with Gasteiger partial charge in [0.15, 0.2) is 0 Å². The molecule has 1 aliphatic rings. The van der Waals surface area contributed by atoms with Crippen LogP contribution in [0, 0.1) is 5.41 Å². The summed E-state index contributed by atoms with van der Waals surface area (Å²) in [6.07, 6.45) is 3.26.